The summed E-state index contributed by atoms with van der Waals surface area (Å²) in [6.07, 6.45) is 0. The van der Waals surface area contributed by atoms with Crippen molar-refractivity contribution in [2.24, 2.45) is 0 Å². The Morgan fingerprint density at radius 3 is 2.50 bits per heavy atom. The van der Waals surface area contributed by atoms with Crippen LogP contribution in [0, 0.1) is 0 Å². The standard InChI is InChI=1S/C13H10ClNO3/c14-8-2-1-3-9(6-8)18-10-4-5-11(13(16)17)12(15)7-10/h1-7H,15H2,(H,16,17). The van der Waals surface area contributed by atoms with E-state index < -0.39 is 5.97 Å². The van der Waals surface area contributed by atoms with Crippen molar-refractivity contribution >= 4 is 23.3 Å². The SMILES string of the molecule is Nc1cc(Oc2cccc(Cl)c2)ccc1C(=O)O. The zero-order valence-corrected chi connectivity index (χ0v) is 10.0. The van der Waals surface area contributed by atoms with E-state index in [0.29, 0.717) is 16.5 Å². The van der Waals surface area contributed by atoms with Crippen LogP contribution in [0.3, 0.4) is 0 Å². The molecule has 0 bridgehead atoms. The van der Waals surface area contributed by atoms with Crippen LogP contribution in [0.15, 0.2) is 42.5 Å². The number of hydrogen-bond acceptors (Lipinski definition) is 3. The van der Waals surface area contributed by atoms with Crippen LogP contribution in [0.1, 0.15) is 10.4 Å². The summed E-state index contributed by atoms with van der Waals surface area (Å²) in [5.74, 6) is -0.0495. The van der Waals surface area contributed by atoms with Gasteiger partial charge in [0.15, 0.2) is 0 Å². The second-order valence-corrected chi connectivity index (χ2v) is 4.05. The number of ether oxygens (including phenoxy) is 1. The Kier molecular flexibility index (Phi) is 3.39. The number of nitrogen functional groups attached to an aromatic ring is 1. The Balaban J connectivity index is 2.25. The number of nitrogens with two attached hydrogens (primary N) is 1. The summed E-state index contributed by atoms with van der Waals surface area (Å²) >= 11 is 5.83. The van der Waals surface area contributed by atoms with Gasteiger partial charge in [-0.2, -0.15) is 0 Å². The minimum atomic E-state index is -1.07. The Hall–Kier alpha value is -2.20. The minimum Gasteiger partial charge on any atom is -0.478 e. The van der Waals surface area contributed by atoms with E-state index in [0.717, 1.165) is 0 Å². The molecule has 0 spiro atoms. The van der Waals surface area contributed by atoms with Gasteiger partial charge in [0.05, 0.1) is 5.56 Å². The van der Waals surface area contributed by atoms with E-state index >= 15 is 0 Å². The monoisotopic (exact) mass is 263 g/mol. The zero-order chi connectivity index (χ0) is 13.1. The van der Waals surface area contributed by atoms with E-state index in [1.54, 1.807) is 30.3 Å². The fourth-order valence-electron chi connectivity index (χ4n) is 1.47. The lowest BCUT2D eigenvalue weighted by molar-refractivity contribution is 0.0698. The van der Waals surface area contributed by atoms with Gasteiger partial charge in [0.1, 0.15) is 11.5 Å². The third-order valence-electron chi connectivity index (χ3n) is 2.29. The van der Waals surface area contributed by atoms with E-state index in [4.69, 9.17) is 27.2 Å². The third-order valence-corrected chi connectivity index (χ3v) is 2.52. The van der Waals surface area contributed by atoms with E-state index in [1.807, 2.05) is 0 Å². The molecule has 0 aliphatic heterocycles. The maximum absolute atomic E-state index is 10.8. The van der Waals surface area contributed by atoms with Crippen LogP contribution >= 0.6 is 11.6 Å². The average molecular weight is 264 g/mol. The maximum Gasteiger partial charge on any atom is 0.337 e. The normalized spacial score (nSPS) is 10.1. The van der Waals surface area contributed by atoms with Gasteiger partial charge in [0.25, 0.3) is 0 Å². The van der Waals surface area contributed by atoms with Gasteiger partial charge in [0.2, 0.25) is 0 Å². The van der Waals surface area contributed by atoms with Crippen molar-refractivity contribution in [2.75, 3.05) is 5.73 Å². The maximum atomic E-state index is 10.8. The van der Waals surface area contributed by atoms with Crippen LogP contribution in [0.2, 0.25) is 5.02 Å². The van der Waals surface area contributed by atoms with Gasteiger partial charge in [-0.3, -0.25) is 0 Å². The lowest BCUT2D eigenvalue weighted by Crippen LogP contribution is -2.02. The van der Waals surface area contributed by atoms with Crippen molar-refractivity contribution in [1.29, 1.82) is 0 Å². The summed E-state index contributed by atoms with van der Waals surface area (Å²) < 4.78 is 5.52. The van der Waals surface area contributed by atoms with Crippen molar-refractivity contribution in [3.05, 3.63) is 53.1 Å². The quantitative estimate of drug-likeness (QED) is 0.833. The topological polar surface area (TPSA) is 72.5 Å². The summed E-state index contributed by atoms with van der Waals surface area (Å²) in [5, 5.41) is 9.40. The number of rotatable bonds is 3. The summed E-state index contributed by atoms with van der Waals surface area (Å²) in [6.45, 7) is 0. The molecule has 0 saturated heterocycles. The molecule has 0 unspecified atom stereocenters. The molecule has 0 atom stereocenters. The van der Waals surface area contributed by atoms with E-state index in [2.05, 4.69) is 0 Å². The summed E-state index contributed by atoms with van der Waals surface area (Å²) in [5.41, 5.74) is 5.82. The highest BCUT2D eigenvalue weighted by Crippen LogP contribution is 2.26. The summed E-state index contributed by atoms with van der Waals surface area (Å²) in [4.78, 5) is 10.8. The van der Waals surface area contributed by atoms with Crippen molar-refractivity contribution in [1.82, 2.24) is 0 Å². The van der Waals surface area contributed by atoms with Gasteiger partial charge in [-0.1, -0.05) is 17.7 Å². The molecule has 0 fully saturated rings. The molecule has 0 saturated carbocycles. The highest BCUT2D eigenvalue weighted by molar-refractivity contribution is 6.30. The largest absolute Gasteiger partial charge is 0.478 e. The molecule has 18 heavy (non-hydrogen) atoms. The number of carboxylic acid groups (broad SMARTS) is 1. The molecule has 5 heteroatoms. The van der Waals surface area contributed by atoms with Gasteiger partial charge in [-0.05, 0) is 30.3 Å². The van der Waals surface area contributed by atoms with Crippen LogP contribution < -0.4 is 10.5 Å². The number of anilines is 1. The number of carboxylic acids is 1. The van der Waals surface area contributed by atoms with Crippen LogP contribution in [-0.2, 0) is 0 Å². The molecular weight excluding hydrogens is 254 g/mol. The van der Waals surface area contributed by atoms with Gasteiger partial charge in [-0.25, -0.2) is 4.79 Å². The Labute approximate surface area is 109 Å². The number of carbonyl (C=O) groups is 1. The van der Waals surface area contributed by atoms with Gasteiger partial charge in [0, 0.05) is 16.8 Å². The van der Waals surface area contributed by atoms with E-state index in [9.17, 15) is 4.79 Å². The molecule has 0 radical (unpaired) electrons. The minimum absolute atomic E-state index is 0.0495. The molecule has 2 aromatic carbocycles. The Bertz CT molecular complexity index is 599. The molecule has 3 N–H and O–H groups in total. The molecule has 0 amide bonds. The van der Waals surface area contributed by atoms with Gasteiger partial charge >= 0.3 is 5.97 Å². The van der Waals surface area contributed by atoms with Crippen LogP contribution in [0.5, 0.6) is 11.5 Å². The predicted molar refractivity (Wildman–Crippen MR) is 69.3 cm³/mol. The molecular formula is C13H10ClNO3. The molecule has 92 valence electrons. The first-order valence-corrected chi connectivity index (χ1v) is 5.50. The number of benzene rings is 2. The Morgan fingerprint density at radius 1 is 1.17 bits per heavy atom. The molecule has 0 aliphatic carbocycles. The first-order valence-electron chi connectivity index (χ1n) is 5.12. The lowest BCUT2D eigenvalue weighted by atomic mass is 10.2. The van der Waals surface area contributed by atoms with Crippen molar-refractivity contribution < 1.29 is 14.6 Å². The first kappa shape index (κ1) is 12.3. The lowest BCUT2D eigenvalue weighted by Gasteiger charge is -2.08. The van der Waals surface area contributed by atoms with Crippen molar-refractivity contribution in [3.63, 3.8) is 0 Å². The number of hydrogen-bond donors (Lipinski definition) is 2. The van der Waals surface area contributed by atoms with E-state index in [1.165, 1.54) is 12.1 Å². The van der Waals surface area contributed by atoms with Crippen molar-refractivity contribution in [2.45, 2.75) is 0 Å². The summed E-state index contributed by atoms with van der Waals surface area (Å²) in [6, 6.07) is 11.3. The second-order valence-electron chi connectivity index (χ2n) is 3.61. The fourth-order valence-corrected chi connectivity index (χ4v) is 1.65. The molecule has 2 aromatic rings. The van der Waals surface area contributed by atoms with Gasteiger partial charge < -0.3 is 15.6 Å². The van der Waals surface area contributed by atoms with E-state index in [-0.39, 0.29) is 11.3 Å². The molecule has 0 aromatic heterocycles. The third kappa shape index (κ3) is 2.73. The Morgan fingerprint density at radius 2 is 1.89 bits per heavy atom. The number of halogens is 1. The van der Waals surface area contributed by atoms with Crippen LogP contribution in [0.25, 0.3) is 0 Å². The predicted octanol–water partition coefficient (Wildman–Crippen LogP) is 3.41. The highest BCUT2D eigenvalue weighted by atomic mass is 35.5. The molecule has 4 nitrogen and oxygen atoms in total. The molecule has 2 rings (SSSR count). The highest BCUT2D eigenvalue weighted by Gasteiger charge is 2.08. The summed E-state index contributed by atoms with van der Waals surface area (Å²) in [7, 11) is 0. The smallest absolute Gasteiger partial charge is 0.337 e. The molecule has 0 aliphatic rings. The van der Waals surface area contributed by atoms with Gasteiger partial charge in [-0.15, -0.1) is 0 Å². The first-order chi connectivity index (χ1) is 8.56. The van der Waals surface area contributed by atoms with Crippen molar-refractivity contribution in [3.8, 4) is 11.5 Å². The average Bonchev–Trinajstić information content (AvgIpc) is 2.28. The number of aromatic carboxylic acids is 1. The molecule has 0 heterocycles. The second kappa shape index (κ2) is 4.98. The fraction of sp³-hybridized carbons (Fsp3) is 0. The van der Waals surface area contributed by atoms with Crippen LogP contribution in [-0.4, -0.2) is 11.1 Å². The van der Waals surface area contributed by atoms with Crippen LogP contribution in [0.4, 0.5) is 5.69 Å². The zero-order valence-electron chi connectivity index (χ0n) is 9.26.